The van der Waals surface area contributed by atoms with Crippen molar-refractivity contribution < 1.29 is 0 Å². The Morgan fingerprint density at radius 3 is 2.52 bits per heavy atom. The molecular formula is C22H16ClNS. The Bertz CT molecular complexity index is 977. The summed E-state index contributed by atoms with van der Waals surface area (Å²) < 4.78 is 0. The monoisotopic (exact) mass is 361 g/mol. The largest absolute Gasteiger partial charge is 0.251 e. The second kappa shape index (κ2) is 6.05. The zero-order chi connectivity index (χ0) is 16.8. The molecule has 2 aliphatic rings. The summed E-state index contributed by atoms with van der Waals surface area (Å²) in [4.78, 5) is 6.36. The topological polar surface area (TPSA) is 12.4 Å². The molecule has 0 radical (unpaired) electrons. The molecule has 122 valence electrons. The smallest absolute Gasteiger partial charge is 0.0769 e. The van der Waals surface area contributed by atoms with Crippen LogP contribution in [0.25, 0.3) is 0 Å². The molecule has 2 atom stereocenters. The van der Waals surface area contributed by atoms with Gasteiger partial charge in [-0.05, 0) is 47.4 Å². The Morgan fingerprint density at radius 1 is 0.880 bits per heavy atom. The van der Waals surface area contributed by atoms with Gasteiger partial charge in [0.15, 0.2) is 0 Å². The minimum absolute atomic E-state index is 0.340. The molecule has 0 saturated heterocycles. The van der Waals surface area contributed by atoms with Gasteiger partial charge in [-0.25, -0.2) is 0 Å². The fourth-order valence-electron chi connectivity index (χ4n) is 3.83. The predicted molar refractivity (Wildman–Crippen MR) is 106 cm³/mol. The van der Waals surface area contributed by atoms with E-state index in [1.54, 1.807) is 0 Å². The van der Waals surface area contributed by atoms with E-state index in [-0.39, 0.29) is 0 Å². The quantitative estimate of drug-likeness (QED) is 0.483. The first-order valence-electron chi connectivity index (χ1n) is 8.47. The molecule has 3 heteroatoms. The summed E-state index contributed by atoms with van der Waals surface area (Å²) in [6.07, 6.45) is 1.04. The Morgan fingerprint density at radius 2 is 1.64 bits per heavy atom. The van der Waals surface area contributed by atoms with Crippen LogP contribution < -0.4 is 0 Å². The van der Waals surface area contributed by atoms with Crippen LogP contribution in [0.4, 0.5) is 5.69 Å². The number of benzene rings is 3. The van der Waals surface area contributed by atoms with E-state index in [2.05, 4.69) is 60.7 Å². The minimum atomic E-state index is 0.340. The van der Waals surface area contributed by atoms with E-state index in [0.29, 0.717) is 11.2 Å². The predicted octanol–water partition coefficient (Wildman–Crippen LogP) is 6.48. The van der Waals surface area contributed by atoms with Crippen LogP contribution in [0.2, 0.25) is 5.02 Å². The summed E-state index contributed by atoms with van der Waals surface area (Å²) in [5, 5.41) is 1.12. The lowest BCUT2D eigenvalue weighted by Gasteiger charge is -2.22. The van der Waals surface area contributed by atoms with E-state index in [1.165, 1.54) is 27.3 Å². The summed E-state index contributed by atoms with van der Waals surface area (Å²) in [6.45, 7) is 0. The molecule has 0 saturated carbocycles. The number of hydrogen-bond donors (Lipinski definition) is 0. The van der Waals surface area contributed by atoms with Gasteiger partial charge >= 0.3 is 0 Å². The molecule has 0 spiro atoms. The number of halogens is 1. The molecule has 25 heavy (non-hydrogen) atoms. The first-order chi connectivity index (χ1) is 12.3. The van der Waals surface area contributed by atoms with Crippen LogP contribution in [-0.4, -0.2) is 5.71 Å². The molecule has 3 aromatic rings. The van der Waals surface area contributed by atoms with Gasteiger partial charge in [0.05, 0.1) is 11.4 Å². The molecule has 0 aromatic heterocycles. The van der Waals surface area contributed by atoms with Crippen molar-refractivity contribution in [2.24, 2.45) is 10.9 Å². The highest BCUT2D eigenvalue weighted by molar-refractivity contribution is 7.99. The van der Waals surface area contributed by atoms with Gasteiger partial charge in [-0.15, -0.1) is 11.8 Å². The fraction of sp³-hybridized carbons (Fsp3) is 0.136. The van der Waals surface area contributed by atoms with E-state index in [9.17, 15) is 0 Å². The van der Waals surface area contributed by atoms with Gasteiger partial charge in [0, 0.05) is 21.1 Å². The molecule has 1 aliphatic carbocycles. The normalized spacial score (nSPS) is 20.9. The molecule has 1 nitrogen and oxygen atoms in total. The molecule has 0 unspecified atom stereocenters. The van der Waals surface area contributed by atoms with Crippen molar-refractivity contribution in [1.29, 1.82) is 0 Å². The third-order valence-electron chi connectivity index (χ3n) is 5.01. The first kappa shape index (κ1) is 15.2. The molecule has 1 aliphatic heterocycles. The maximum Gasteiger partial charge on any atom is 0.0769 e. The summed E-state index contributed by atoms with van der Waals surface area (Å²) in [5.74, 6) is 0.385. The van der Waals surface area contributed by atoms with E-state index in [1.807, 2.05) is 23.9 Å². The number of aliphatic imine (C=N–C) groups is 1. The lowest BCUT2D eigenvalue weighted by atomic mass is 9.94. The SMILES string of the molecule is Clc1ccc([C@@H]2Sc3ccccc3N=C3c4ccccc4C[C@@H]32)cc1. The van der Waals surface area contributed by atoms with Crippen molar-refractivity contribution in [3.8, 4) is 0 Å². The third kappa shape index (κ3) is 2.61. The van der Waals surface area contributed by atoms with Gasteiger partial charge in [-0.1, -0.05) is 60.1 Å². The summed E-state index contributed by atoms with van der Waals surface area (Å²) in [6, 6.07) is 25.5. The molecule has 0 bridgehead atoms. The Kier molecular flexibility index (Phi) is 3.69. The maximum absolute atomic E-state index is 6.12. The zero-order valence-corrected chi connectivity index (χ0v) is 15.1. The van der Waals surface area contributed by atoms with E-state index in [4.69, 9.17) is 16.6 Å². The zero-order valence-electron chi connectivity index (χ0n) is 13.5. The van der Waals surface area contributed by atoms with E-state index < -0.39 is 0 Å². The van der Waals surface area contributed by atoms with Crippen molar-refractivity contribution in [3.05, 3.63) is 94.5 Å². The van der Waals surface area contributed by atoms with E-state index >= 15 is 0 Å². The highest BCUT2D eigenvalue weighted by atomic mass is 35.5. The van der Waals surface area contributed by atoms with Crippen LogP contribution in [0.1, 0.15) is 21.9 Å². The van der Waals surface area contributed by atoms with Crippen LogP contribution in [0, 0.1) is 5.92 Å². The van der Waals surface area contributed by atoms with Crippen molar-refractivity contribution in [2.45, 2.75) is 16.6 Å². The van der Waals surface area contributed by atoms with Gasteiger partial charge in [0.25, 0.3) is 0 Å². The lowest BCUT2D eigenvalue weighted by molar-refractivity contribution is 0.694. The number of para-hydroxylation sites is 1. The second-order valence-corrected chi connectivity index (χ2v) is 8.14. The van der Waals surface area contributed by atoms with Crippen LogP contribution in [0.5, 0.6) is 0 Å². The fourth-order valence-corrected chi connectivity index (χ4v) is 5.30. The van der Waals surface area contributed by atoms with Crippen molar-refractivity contribution >= 4 is 34.8 Å². The number of nitrogens with zero attached hydrogens (tertiary/aromatic N) is 1. The third-order valence-corrected chi connectivity index (χ3v) is 6.71. The summed E-state index contributed by atoms with van der Waals surface area (Å²) in [7, 11) is 0. The highest BCUT2D eigenvalue weighted by Gasteiger charge is 2.37. The van der Waals surface area contributed by atoms with Gasteiger partial charge in [-0.3, -0.25) is 4.99 Å². The Hall–Kier alpha value is -2.03. The molecule has 3 aromatic carbocycles. The number of thioether (sulfide) groups is 1. The number of hydrogen-bond acceptors (Lipinski definition) is 2. The number of rotatable bonds is 1. The van der Waals surface area contributed by atoms with Gasteiger partial charge in [-0.2, -0.15) is 0 Å². The van der Waals surface area contributed by atoms with Crippen molar-refractivity contribution in [3.63, 3.8) is 0 Å². The average molecular weight is 362 g/mol. The van der Waals surface area contributed by atoms with Crippen LogP contribution in [0.3, 0.4) is 0 Å². The highest BCUT2D eigenvalue weighted by Crippen LogP contribution is 2.51. The van der Waals surface area contributed by atoms with Gasteiger partial charge in [0.1, 0.15) is 0 Å². The van der Waals surface area contributed by atoms with Gasteiger partial charge in [0.2, 0.25) is 0 Å². The molecule has 0 amide bonds. The van der Waals surface area contributed by atoms with Crippen molar-refractivity contribution in [1.82, 2.24) is 0 Å². The molecule has 0 fully saturated rings. The van der Waals surface area contributed by atoms with Gasteiger partial charge < -0.3 is 0 Å². The number of fused-ring (bicyclic) bond motifs is 4. The average Bonchev–Trinajstić information content (AvgIpc) is 2.92. The first-order valence-corrected chi connectivity index (χ1v) is 9.73. The van der Waals surface area contributed by atoms with Crippen LogP contribution >= 0.6 is 23.4 Å². The lowest BCUT2D eigenvalue weighted by Crippen LogP contribution is -2.16. The minimum Gasteiger partial charge on any atom is -0.251 e. The van der Waals surface area contributed by atoms with Crippen molar-refractivity contribution in [2.75, 3.05) is 0 Å². The molecule has 1 heterocycles. The molecule has 5 rings (SSSR count). The second-order valence-electron chi connectivity index (χ2n) is 6.52. The molecular weight excluding hydrogens is 346 g/mol. The maximum atomic E-state index is 6.12. The van der Waals surface area contributed by atoms with Crippen LogP contribution in [-0.2, 0) is 6.42 Å². The Balaban J connectivity index is 1.70. The van der Waals surface area contributed by atoms with E-state index in [0.717, 1.165) is 17.1 Å². The summed E-state index contributed by atoms with van der Waals surface area (Å²) in [5.41, 5.74) is 6.35. The standard InChI is InChI=1S/C22H16ClNS/c23-16-11-9-14(10-12-16)22-18-13-15-5-1-2-6-17(15)21(18)24-19-7-3-4-8-20(19)25-22/h1-12,18,22H,13H2/t18-,22-/m0/s1. The summed E-state index contributed by atoms with van der Waals surface area (Å²) >= 11 is 8.04. The van der Waals surface area contributed by atoms with Crippen LogP contribution in [0.15, 0.2) is 82.7 Å². The molecule has 0 N–H and O–H groups in total. The Labute approximate surface area is 156 Å².